The van der Waals surface area contributed by atoms with E-state index in [0.29, 0.717) is 39.5 Å². The number of hydrogen-bond donors (Lipinski definition) is 0. The second-order valence-electron chi connectivity index (χ2n) is 5.02. The molecule has 2 aromatic carbocycles. The number of carbonyl (C=O) groups is 1. The van der Waals surface area contributed by atoms with Gasteiger partial charge in [-0.15, -0.1) is 0 Å². The Balaban J connectivity index is 2.11. The fourth-order valence-electron chi connectivity index (χ4n) is 2.20. The zero-order valence-electron chi connectivity index (χ0n) is 13.1. The lowest BCUT2D eigenvalue weighted by Gasteiger charge is -2.19. The van der Waals surface area contributed by atoms with E-state index >= 15 is 0 Å². The molecule has 3 nitrogen and oxygen atoms in total. The van der Waals surface area contributed by atoms with Crippen molar-refractivity contribution in [3.05, 3.63) is 58.6 Å². The first-order valence-electron chi connectivity index (χ1n) is 7.03. The van der Waals surface area contributed by atoms with Gasteiger partial charge < -0.3 is 9.64 Å². The molecule has 0 spiro atoms. The number of benzene rings is 2. The quantitative estimate of drug-likeness (QED) is 0.674. The first kappa shape index (κ1) is 18.5. The van der Waals surface area contributed by atoms with Crippen molar-refractivity contribution in [1.29, 1.82) is 0 Å². The van der Waals surface area contributed by atoms with Crippen molar-refractivity contribution in [3.63, 3.8) is 0 Å². The summed E-state index contributed by atoms with van der Waals surface area (Å²) in [4.78, 5) is 14.4. The van der Waals surface area contributed by atoms with Gasteiger partial charge in [-0.1, -0.05) is 23.4 Å². The van der Waals surface area contributed by atoms with E-state index in [-0.39, 0.29) is 5.91 Å². The molecule has 0 fully saturated rings. The Kier molecular flexibility index (Phi) is 6.45. The maximum absolute atomic E-state index is 12.5. The van der Waals surface area contributed by atoms with E-state index in [1.54, 1.807) is 44.5 Å². The first-order chi connectivity index (χ1) is 11.4. The number of alkyl halides is 2. The van der Waals surface area contributed by atoms with Gasteiger partial charge in [-0.2, -0.15) is 8.78 Å². The van der Waals surface area contributed by atoms with Gasteiger partial charge in [-0.05, 0) is 42.5 Å². The Labute approximate surface area is 148 Å². The van der Waals surface area contributed by atoms with Crippen molar-refractivity contribution in [1.82, 2.24) is 4.90 Å². The highest BCUT2D eigenvalue weighted by molar-refractivity contribution is 7.99. The minimum atomic E-state index is -2.48. The second-order valence-corrected chi connectivity index (χ2v) is 6.52. The Morgan fingerprint density at radius 3 is 2.50 bits per heavy atom. The molecule has 0 N–H and O–H groups in total. The summed E-state index contributed by atoms with van der Waals surface area (Å²) in [5.74, 6) is -2.06. The van der Waals surface area contributed by atoms with E-state index < -0.39 is 5.76 Å². The summed E-state index contributed by atoms with van der Waals surface area (Å²) in [6, 6.07) is 11.3. The monoisotopic (exact) mass is 371 g/mol. The van der Waals surface area contributed by atoms with Crippen LogP contribution in [0.25, 0.3) is 0 Å². The Morgan fingerprint density at radius 1 is 1.25 bits per heavy atom. The number of halogens is 3. The predicted octanol–water partition coefficient (Wildman–Crippen LogP) is 4.94. The molecule has 0 heterocycles. The van der Waals surface area contributed by atoms with E-state index in [0.717, 1.165) is 5.56 Å². The molecule has 0 saturated carbocycles. The van der Waals surface area contributed by atoms with Crippen molar-refractivity contribution in [2.24, 2.45) is 0 Å². The molecule has 0 radical (unpaired) electrons. The smallest absolute Gasteiger partial charge is 0.288 e. The number of carbonyl (C=O) groups excluding carboxylic acids is 1. The lowest BCUT2D eigenvalue weighted by molar-refractivity contribution is 0.0784. The van der Waals surface area contributed by atoms with Gasteiger partial charge in [0.1, 0.15) is 5.75 Å². The van der Waals surface area contributed by atoms with E-state index in [2.05, 4.69) is 0 Å². The van der Waals surface area contributed by atoms with Crippen molar-refractivity contribution < 1.29 is 18.3 Å². The molecule has 2 aromatic rings. The fourth-order valence-corrected chi connectivity index (χ4v) is 2.89. The minimum Gasteiger partial charge on any atom is -0.496 e. The van der Waals surface area contributed by atoms with Crippen molar-refractivity contribution in [2.45, 2.75) is 17.2 Å². The van der Waals surface area contributed by atoms with Gasteiger partial charge in [0, 0.05) is 34.6 Å². The van der Waals surface area contributed by atoms with Crippen LogP contribution in [0.2, 0.25) is 5.02 Å². The molecule has 24 heavy (non-hydrogen) atoms. The average molecular weight is 372 g/mol. The average Bonchev–Trinajstić information content (AvgIpc) is 2.54. The topological polar surface area (TPSA) is 29.5 Å². The summed E-state index contributed by atoms with van der Waals surface area (Å²) in [6.07, 6.45) is 0. The molecule has 7 heteroatoms. The normalized spacial score (nSPS) is 10.8. The van der Waals surface area contributed by atoms with Gasteiger partial charge in [-0.25, -0.2) is 0 Å². The van der Waals surface area contributed by atoms with Gasteiger partial charge in [0.05, 0.1) is 7.11 Å². The summed E-state index contributed by atoms with van der Waals surface area (Å²) in [7, 11) is 3.21. The van der Waals surface area contributed by atoms with E-state index in [1.165, 1.54) is 17.0 Å². The van der Waals surface area contributed by atoms with Crippen LogP contribution in [0.3, 0.4) is 0 Å². The van der Waals surface area contributed by atoms with Crippen molar-refractivity contribution >= 4 is 29.3 Å². The number of ether oxygens (including phenoxy) is 1. The molecule has 0 aliphatic carbocycles. The van der Waals surface area contributed by atoms with Gasteiger partial charge in [0.15, 0.2) is 0 Å². The largest absolute Gasteiger partial charge is 0.496 e. The standard InChI is InChI=1S/C17H16ClF2NO2S/c1-21(10-12-9-13(18)5-8-15(12)23-2)16(22)11-3-6-14(7-4-11)24-17(19)20/h3-9,17H,10H2,1-2H3. The van der Waals surface area contributed by atoms with Gasteiger partial charge in [0.25, 0.3) is 11.7 Å². The molecule has 0 aliphatic heterocycles. The SMILES string of the molecule is COc1ccc(Cl)cc1CN(C)C(=O)c1ccc(SC(F)F)cc1. The maximum Gasteiger partial charge on any atom is 0.288 e. The fraction of sp³-hybridized carbons (Fsp3) is 0.235. The summed E-state index contributed by atoms with van der Waals surface area (Å²) >= 11 is 6.44. The molecule has 1 amide bonds. The van der Waals surface area contributed by atoms with Crippen LogP contribution in [0.5, 0.6) is 5.75 Å². The molecule has 0 saturated heterocycles. The summed E-state index contributed by atoms with van der Waals surface area (Å²) in [5.41, 5.74) is 1.21. The highest BCUT2D eigenvalue weighted by Gasteiger charge is 2.15. The van der Waals surface area contributed by atoms with Crippen LogP contribution >= 0.6 is 23.4 Å². The number of rotatable bonds is 6. The third kappa shape index (κ3) is 4.85. The van der Waals surface area contributed by atoms with Gasteiger partial charge in [-0.3, -0.25) is 4.79 Å². The summed E-state index contributed by atoms with van der Waals surface area (Å²) < 4.78 is 29.9. The number of amides is 1. The van der Waals surface area contributed by atoms with Crippen LogP contribution in [0.1, 0.15) is 15.9 Å². The van der Waals surface area contributed by atoms with E-state index in [4.69, 9.17) is 16.3 Å². The zero-order valence-corrected chi connectivity index (χ0v) is 14.7. The van der Waals surface area contributed by atoms with Crippen LogP contribution in [-0.4, -0.2) is 30.7 Å². The Bertz CT molecular complexity index is 710. The third-order valence-corrected chi connectivity index (χ3v) is 4.28. The van der Waals surface area contributed by atoms with Crippen LogP contribution in [0, 0.1) is 0 Å². The molecular formula is C17H16ClF2NO2S. The molecule has 0 aromatic heterocycles. The van der Waals surface area contributed by atoms with Crippen LogP contribution in [-0.2, 0) is 6.54 Å². The number of nitrogens with zero attached hydrogens (tertiary/aromatic N) is 1. The Hall–Kier alpha value is -1.79. The lowest BCUT2D eigenvalue weighted by atomic mass is 10.1. The highest BCUT2D eigenvalue weighted by Crippen LogP contribution is 2.26. The molecule has 0 unspecified atom stereocenters. The summed E-state index contributed by atoms with van der Waals surface area (Å²) in [5, 5.41) is 0.556. The molecule has 0 bridgehead atoms. The molecule has 0 aliphatic rings. The molecule has 2 rings (SSSR count). The van der Waals surface area contributed by atoms with Crippen molar-refractivity contribution in [3.8, 4) is 5.75 Å². The van der Waals surface area contributed by atoms with Crippen LogP contribution < -0.4 is 4.74 Å². The molecule has 0 atom stereocenters. The minimum absolute atomic E-state index is 0.217. The zero-order chi connectivity index (χ0) is 17.7. The molecular weight excluding hydrogens is 356 g/mol. The lowest BCUT2D eigenvalue weighted by Crippen LogP contribution is -2.26. The Morgan fingerprint density at radius 2 is 1.92 bits per heavy atom. The second kappa shape index (κ2) is 8.35. The van der Waals surface area contributed by atoms with E-state index in [9.17, 15) is 13.6 Å². The molecule has 128 valence electrons. The van der Waals surface area contributed by atoms with Gasteiger partial charge in [0.2, 0.25) is 0 Å². The van der Waals surface area contributed by atoms with E-state index in [1.807, 2.05) is 0 Å². The van der Waals surface area contributed by atoms with Crippen molar-refractivity contribution in [2.75, 3.05) is 14.2 Å². The van der Waals surface area contributed by atoms with Crippen LogP contribution in [0.4, 0.5) is 8.78 Å². The third-order valence-electron chi connectivity index (χ3n) is 3.32. The number of hydrogen-bond acceptors (Lipinski definition) is 3. The van der Waals surface area contributed by atoms with Gasteiger partial charge >= 0.3 is 0 Å². The predicted molar refractivity (Wildman–Crippen MR) is 92.1 cm³/mol. The summed E-state index contributed by atoms with van der Waals surface area (Å²) in [6.45, 7) is 0.316. The number of methoxy groups -OCH3 is 1. The first-order valence-corrected chi connectivity index (χ1v) is 8.29. The maximum atomic E-state index is 12.5. The van der Waals surface area contributed by atoms with Crippen LogP contribution in [0.15, 0.2) is 47.4 Å². The highest BCUT2D eigenvalue weighted by atomic mass is 35.5. The number of thioether (sulfide) groups is 1.